The van der Waals surface area contributed by atoms with Crippen molar-refractivity contribution in [3.8, 4) is 0 Å². The molecule has 1 fully saturated rings. The van der Waals surface area contributed by atoms with E-state index in [2.05, 4.69) is 32.1 Å². The van der Waals surface area contributed by atoms with E-state index in [0.717, 1.165) is 51.3 Å². The topological polar surface area (TPSA) is 96.2 Å². The van der Waals surface area contributed by atoms with E-state index in [0.29, 0.717) is 5.92 Å². The second-order valence-electron chi connectivity index (χ2n) is 6.62. The van der Waals surface area contributed by atoms with Gasteiger partial charge in [-0.25, -0.2) is 4.68 Å². The van der Waals surface area contributed by atoms with Crippen molar-refractivity contribution in [2.75, 3.05) is 33.7 Å². The number of aromatic nitrogens is 4. The van der Waals surface area contributed by atoms with Crippen LogP contribution in [0.25, 0.3) is 0 Å². The quantitative estimate of drug-likeness (QED) is 0.660. The van der Waals surface area contributed by atoms with Gasteiger partial charge in [0.25, 0.3) is 10.2 Å². The summed E-state index contributed by atoms with van der Waals surface area (Å²) in [7, 11) is -0.284. The molecule has 9 nitrogen and oxygen atoms in total. The van der Waals surface area contributed by atoms with Crippen molar-refractivity contribution in [2.45, 2.75) is 45.7 Å². The third-order valence-corrected chi connectivity index (χ3v) is 6.07. The highest BCUT2D eigenvalue weighted by atomic mass is 32.2. The van der Waals surface area contributed by atoms with E-state index in [4.69, 9.17) is 0 Å². The van der Waals surface area contributed by atoms with Gasteiger partial charge in [0.2, 0.25) is 0 Å². The molecule has 1 aliphatic rings. The van der Waals surface area contributed by atoms with E-state index >= 15 is 0 Å². The molecular weight excluding hydrogens is 330 g/mol. The van der Waals surface area contributed by atoms with Crippen molar-refractivity contribution in [1.29, 1.82) is 0 Å². The van der Waals surface area contributed by atoms with Crippen molar-refractivity contribution in [3.05, 3.63) is 5.82 Å². The van der Waals surface area contributed by atoms with Crippen LogP contribution >= 0.6 is 0 Å². The molecule has 1 N–H and O–H groups in total. The Labute approximate surface area is 144 Å². The van der Waals surface area contributed by atoms with Gasteiger partial charge in [0.1, 0.15) is 5.82 Å². The standard InChI is InChI=1S/C14H29N7O2S/c1-5-7-13-10-20(8-6-9-21-12(2)15-17-18-21)11-14(13)16-24(22,23)19(3)4/h13-14,16H,5-11H2,1-4H3/t13-,14-/m0/s1. The number of nitrogens with one attached hydrogen (secondary N) is 1. The van der Waals surface area contributed by atoms with Crippen LogP contribution in [0.5, 0.6) is 0 Å². The van der Waals surface area contributed by atoms with Crippen LogP contribution in [0.3, 0.4) is 0 Å². The molecule has 10 heteroatoms. The van der Waals surface area contributed by atoms with E-state index in [1.54, 1.807) is 18.8 Å². The normalized spacial score (nSPS) is 22.5. The predicted molar refractivity (Wildman–Crippen MR) is 91.5 cm³/mol. The van der Waals surface area contributed by atoms with Gasteiger partial charge in [-0.2, -0.15) is 17.4 Å². The van der Waals surface area contributed by atoms with Crippen LogP contribution in [0, 0.1) is 12.8 Å². The fraction of sp³-hybridized carbons (Fsp3) is 0.929. The summed E-state index contributed by atoms with van der Waals surface area (Å²) in [6.45, 7) is 7.41. The van der Waals surface area contributed by atoms with Crippen molar-refractivity contribution in [2.24, 2.45) is 5.92 Å². The zero-order chi connectivity index (χ0) is 17.7. The highest BCUT2D eigenvalue weighted by Crippen LogP contribution is 2.23. The molecule has 0 amide bonds. The van der Waals surface area contributed by atoms with E-state index < -0.39 is 10.2 Å². The van der Waals surface area contributed by atoms with Crippen LogP contribution in [0.15, 0.2) is 0 Å². The maximum Gasteiger partial charge on any atom is 0.279 e. The molecule has 2 atom stereocenters. The SMILES string of the molecule is CCC[C@H]1CN(CCCn2nnnc2C)C[C@@H]1NS(=O)(=O)N(C)C. The predicted octanol–water partition coefficient (Wildman–Crippen LogP) is -0.132. The second kappa shape index (κ2) is 8.32. The Morgan fingerprint density at radius 1 is 1.29 bits per heavy atom. The Morgan fingerprint density at radius 2 is 2.04 bits per heavy atom. The summed E-state index contributed by atoms with van der Waals surface area (Å²) in [5.74, 6) is 1.18. The molecule has 138 valence electrons. The number of nitrogens with zero attached hydrogens (tertiary/aromatic N) is 6. The number of aryl methyl sites for hydroxylation is 2. The van der Waals surface area contributed by atoms with Crippen LogP contribution in [-0.2, 0) is 16.8 Å². The van der Waals surface area contributed by atoms with E-state index in [1.807, 2.05) is 6.92 Å². The van der Waals surface area contributed by atoms with Crippen LogP contribution in [0.2, 0.25) is 0 Å². The van der Waals surface area contributed by atoms with E-state index in [9.17, 15) is 8.42 Å². The van der Waals surface area contributed by atoms with Gasteiger partial charge in [0.05, 0.1) is 0 Å². The molecule has 1 saturated heterocycles. The molecule has 0 unspecified atom stereocenters. The monoisotopic (exact) mass is 359 g/mol. The molecule has 1 aromatic heterocycles. The van der Waals surface area contributed by atoms with E-state index in [-0.39, 0.29) is 6.04 Å². The van der Waals surface area contributed by atoms with Crippen molar-refractivity contribution >= 4 is 10.2 Å². The lowest BCUT2D eigenvalue weighted by atomic mass is 9.99. The molecule has 1 aliphatic heterocycles. The van der Waals surface area contributed by atoms with Gasteiger partial charge in [0.15, 0.2) is 0 Å². The summed E-state index contributed by atoms with van der Waals surface area (Å²) in [6.07, 6.45) is 3.03. The smallest absolute Gasteiger partial charge is 0.279 e. The van der Waals surface area contributed by atoms with Crippen LogP contribution in [-0.4, -0.2) is 77.6 Å². The molecule has 24 heavy (non-hydrogen) atoms. The maximum absolute atomic E-state index is 12.1. The average molecular weight is 360 g/mol. The molecule has 0 aromatic carbocycles. The molecule has 0 bridgehead atoms. The third kappa shape index (κ3) is 4.95. The fourth-order valence-corrected chi connectivity index (χ4v) is 4.00. The van der Waals surface area contributed by atoms with Gasteiger partial charge >= 0.3 is 0 Å². The Balaban J connectivity index is 1.88. The molecule has 0 spiro atoms. The molecule has 0 radical (unpaired) electrons. The molecule has 0 saturated carbocycles. The lowest BCUT2D eigenvalue weighted by Gasteiger charge is -2.21. The summed E-state index contributed by atoms with van der Waals surface area (Å²) >= 11 is 0. The average Bonchev–Trinajstić information content (AvgIpc) is 3.06. The highest BCUT2D eigenvalue weighted by molar-refractivity contribution is 7.87. The Morgan fingerprint density at radius 3 is 2.62 bits per heavy atom. The number of likely N-dealkylation sites (tertiary alicyclic amines) is 1. The summed E-state index contributed by atoms with van der Waals surface area (Å²) in [6, 6.07) is -0.0212. The minimum absolute atomic E-state index is 0.0212. The number of hydrogen-bond acceptors (Lipinski definition) is 6. The summed E-state index contributed by atoms with van der Waals surface area (Å²) in [5.41, 5.74) is 0. The summed E-state index contributed by atoms with van der Waals surface area (Å²) in [4.78, 5) is 2.34. The summed E-state index contributed by atoms with van der Waals surface area (Å²) < 4.78 is 30.1. The molecule has 2 rings (SSSR count). The second-order valence-corrected chi connectivity index (χ2v) is 8.54. The maximum atomic E-state index is 12.1. The minimum atomic E-state index is -3.39. The molecule has 2 heterocycles. The van der Waals surface area contributed by atoms with Crippen molar-refractivity contribution in [1.82, 2.24) is 34.1 Å². The highest BCUT2D eigenvalue weighted by Gasteiger charge is 2.34. The zero-order valence-electron chi connectivity index (χ0n) is 15.0. The van der Waals surface area contributed by atoms with Crippen LogP contribution in [0.4, 0.5) is 0 Å². The number of hydrogen-bond donors (Lipinski definition) is 1. The van der Waals surface area contributed by atoms with Gasteiger partial charge in [-0.05, 0) is 42.7 Å². The van der Waals surface area contributed by atoms with E-state index in [1.165, 1.54) is 4.31 Å². The largest absolute Gasteiger partial charge is 0.301 e. The van der Waals surface area contributed by atoms with Crippen molar-refractivity contribution < 1.29 is 8.42 Å². The molecule has 0 aliphatic carbocycles. The Bertz CT molecular complexity index is 616. The first-order chi connectivity index (χ1) is 11.3. The lowest BCUT2D eigenvalue weighted by Crippen LogP contribution is -2.45. The Kier molecular flexibility index (Phi) is 6.67. The van der Waals surface area contributed by atoms with Crippen LogP contribution < -0.4 is 4.72 Å². The van der Waals surface area contributed by atoms with Gasteiger partial charge in [0, 0.05) is 39.8 Å². The zero-order valence-corrected chi connectivity index (χ0v) is 15.8. The van der Waals surface area contributed by atoms with Gasteiger partial charge in [-0.1, -0.05) is 13.3 Å². The molecular formula is C14H29N7O2S. The van der Waals surface area contributed by atoms with Gasteiger partial charge in [-0.15, -0.1) is 5.10 Å². The number of tetrazole rings is 1. The lowest BCUT2D eigenvalue weighted by molar-refractivity contribution is 0.304. The summed E-state index contributed by atoms with van der Waals surface area (Å²) in [5, 5.41) is 11.5. The van der Waals surface area contributed by atoms with Crippen molar-refractivity contribution in [3.63, 3.8) is 0 Å². The number of rotatable bonds is 9. The first-order valence-electron chi connectivity index (χ1n) is 8.48. The van der Waals surface area contributed by atoms with Crippen LogP contribution in [0.1, 0.15) is 32.0 Å². The fourth-order valence-electron chi connectivity index (χ4n) is 3.14. The van der Waals surface area contributed by atoms with Gasteiger partial charge in [-0.3, -0.25) is 0 Å². The molecule has 1 aromatic rings. The van der Waals surface area contributed by atoms with Gasteiger partial charge < -0.3 is 4.90 Å². The first-order valence-corrected chi connectivity index (χ1v) is 9.92. The third-order valence-electron chi connectivity index (χ3n) is 4.51. The first kappa shape index (κ1) is 19.2. The minimum Gasteiger partial charge on any atom is -0.301 e. The Hall–Kier alpha value is -1.10.